The Kier molecular flexibility index (Phi) is 3.09. The predicted molar refractivity (Wildman–Crippen MR) is 78.1 cm³/mol. The Morgan fingerprint density at radius 2 is 2.00 bits per heavy atom. The van der Waals surface area contributed by atoms with Gasteiger partial charge >= 0.3 is 0 Å². The van der Waals surface area contributed by atoms with Gasteiger partial charge in [-0.15, -0.1) is 0 Å². The summed E-state index contributed by atoms with van der Waals surface area (Å²) in [6, 6.07) is 9.43. The molecule has 0 saturated carbocycles. The van der Waals surface area contributed by atoms with Crippen LogP contribution >= 0.6 is 23.2 Å². The highest BCUT2D eigenvalue weighted by Crippen LogP contribution is 2.42. The lowest BCUT2D eigenvalue weighted by atomic mass is 10.0. The highest BCUT2D eigenvalue weighted by atomic mass is 35.5. The number of aromatic amines is 1. The zero-order valence-corrected chi connectivity index (χ0v) is 11.6. The van der Waals surface area contributed by atoms with Crippen molar-refractivity contribution in [3.63, 3.8) is 0 Å². The summed E-state index contributed by atoms with van der Waals surface area (Å²) in [4.78, 5) is 7.21. The largest absolute Gasteiger partial charge is 0.496 e. The summed E-state index contributed by atoms with van der Waals surface area (Å²) in [5.41, 5.74) is 3.10. The van der Waals surface area contributed by atoms with E-state index in [1.54, 1.807) is 13.4 Å². The third kappa shape index (κ3) is 1.95. The molecule has 0 bridgehead atoms. The van der Waals surface area contributed by atoms with E-state index in [1.807, 2.05) is 30.3 Å². The molecule has 0 fully saturated rings. The number of ether oxygens (including phenoxy) is 1. The summed E-state index contributed by atoms with van der Waals surface area (Å²) in [6.07, 6.45) is 1.60. The molecule has 19 heavy (non-hydrogen) atoms. The van der Waals surface area contributed by atoms with Crippen LogP contribution in [0.1, 0.15) is 0 Å². The summed E-state index contributed by atoms with van der Waals surface area (Å²) >= 11 is 12.8. The van der Waals surface area contributed by atoms with Gasteiger partial charge in [0, 0.05) is 11.1 Å². The van der Waals surface area contributed by atoms with Crippen LogP contribution in [0.25, 0.3) is 22.2 Å². The summed E-state index contributed by atoms with van der Waals surface area (Å²) in [5, 5.41) is 1.08. The van der Waals surface area contributed by atoms with Crippen LogP contribution in [0.4, 0.5) is 0 Å². The fraction of sp³-hybridized carbons (Fsp3) is 0.0714. The summed E-state index contributed by atoms with van der Waals surface area (Å²) in [5.74, 6) is 0.723. The molecule has 0 unspecified atom stereocenters. The molecule has 96 valence electrons. The number of hydrogen-bond donors (Lipinski definition) is 1. The molecule has 0 saturated heterocycles. The molecule has 0 aliphatic heterocycles. The lowest BCUT2D eigenvalue weighted by molar-refractivity contribution is 0.416. The Balaban J connectivity index is 2.35. The number of para-hydroxylation sites is 1. The van der Waals surface area contributed by atoms with E-state index in [4.69, 9.17) is 27.9 Å². The second kappa shape index (κ2) is 4.76. The van der Waals surface area contributed by atoms with Crippen LogP contribution < -0.4 is 4.74 Å². The number of rotatable bonds is 2. The van der Waals surface area contributed by atoms with Gasteiger partial charge in [-0.05, 0) is 12.1 Å². The topological polar surface area (TPSA) is 37.9 Å². The molecule has 2 aromatic carbocycles. The number of methoxy groups -OCH3 is 1. The molecule has 3 aromatic rings. The molecule has 5 heteroatoms. The SMILES string of the molecule is COc1ccccc1-c1c(Cl)cc2[nH]cnc2c1Cl. The van der Waals surface area contributed by atoms with Gasteiger partial charge in [-0.3, -0.25) is 0 Å². The van der Waals surface area contributed by atoms with Crippen molar-refractivity contribution in [3.8, 4) is 16.9 Å². The van der Waals surface area contributed by atoms with Crippen molar-refractivity contribution in [2.45, 2.75) is 0 Å². The van der Waals surface area contributed by atoms with Gasteiger partial charge in [0.2, 0.25) is 0 Å². The first-order valence-corrected chi connectivity index (χ1v) is 6.42. The number of nitrogens with one attached hydrogen (secondary N) is 1. The van der Waals surface area contributed by atoms with Crippen molar-refractivity contribution >= 4 is 34.2 Å². The molecule has 1 N–H and O–H groups in total. The van der Waals surface area contributed by atoms with Gasteiger partial charge in [-0.1, -0.05) is 41.4 Å². The van der Waals surface area contributed by atoms with Crippen molar-refractivity contribution in [2.75, 3.05) is 7.11 Å². The first-order chi connectivity index (χ1) is 9.22. The average molecular weight is 293 g/mol. The van der Waals surface area contributed by atoms with Crippen LogP contribution in [-0.2, 0) is 0 Å². The lowest BCUT2D eigenvalue weighted by Gasteiger charge is -2.12. The van der Waals surface area contributed by atoms with Gasteiger partial charge in [-0.2, -0.15) is 0 Å². The minimum atomic E-state index is 0.522. The van der Waals surface area contributed by atoms with Crippen LogP contribution in [0.15, 0.2) is 36.7 Å². The molecule has 0 spiro atoms. The number of hydrogen-bond acceptors (Lipinski definition) is 2. The van der Waals surface area contributed by atoms with Crippen LogP contribution in [0.2, 0.25) is 10.0 Å². The van der Waals surface area contributed by atoms with E-state index in [-0.39, 0.29) is 0 Å². The molecular weight excluding hydrogens is 283 g/mol. The summed E-state index contributed by atoms with van der Waals surface area (Å²) in [7, 11) is 1.62. The third-order valence-corrected chi connectivity index (χ3v) is 3.65. The van der Waals surface area contributed by atoms with Gasteiger partial charge in [-0.25, -0.2) is 4.98 Å². The highest BCUT2D eigenvalue weighted by molar-refractivity contribution is 6.42. The summed E-state index contributed by atoms with van der Waals surface area (Å²) in [6.45, 7) is 0. The van der Waals surface area contributed by atoms with Crippen LogP contribution in [0.5, 0.6) is 5.75 Å². The number of aromatic nitrogens is 2. The van der Waals surface area contributed by atoms with Crippen molar-refractivity contribution < 1.29 is 4.74 Å². The van der Waals surface area contributed by atoms with Crippen molar-refractivity contribution in [2.24, 2.45) is 0 Å². The van der Waals surface area contributed by atoms with E-state index in [2.05, 4.69) is 9.97 Å². The maximum absolute atomic E-state index is 6.43. The fourth-order valence-electron chi connectivity index (χ4n) is 2.11. The quantitative estimate of drug-likeness (QED) is 0.753. The molecule has 1 aromatic heterocycles. The van der Waals surface area contributed by atoms with Crippen molar-refractivity contribution in [1.29, 1.82) is 0 Å². The first-order valence-electron chi connectivity index (χ1n) is 5.67. The Morgan fingerprint density at radius 3 is 2.79 bits per heavy atom. The maximum atomic E-state index is 6.43. The van der Waals surface area contributed by atoms with Gasteiger partial charge in [0.15, 0.2) is 0 Å². The molecule has 3 nitrogen and oxygen atoms in total. The second-order valence-corrected chi connectivity index (χ2v) is 4.83. The zero-order valence-electron chi connectivity index (χ0n) is 10.1. The fourth-order valence-corrected chi connectivity index (χ4v) is 2.82. The second-order valence-electron chi connectivity index (χ2n) is 4.05. The molecule has 3 rings (SSSR count). The molecule has 0 atom stereocenters. The number of nitrogens with zero attached hydrogens (tertiary/aromatic N) is 1. The molecule has 0 aliphatic carbocycles. The van der Waals surface area contributed by atoms with E-state index >= 15 is 0 Å². The van der Waals surface area contributed by atoms with Crippen molar-refractivity contribution in [1.82, 2.24) is 9.97 Å². The van der Waals surface area contributed by atoms with Crippen molar-refractivity contribution in [3.05, 3.63) is 46.7 Å². The van der Waals surface area contributed by atoms with Gasteiger partial charge in [0.05, 0.1) is 29.0 Å². The van der Waals surface area contributed by atoms with E-state index < -0.39 is 0 Å². The molecule has 0 amide bonds. The average Bonchev–Trinajstić information content (AvgIpc) is 2.87. The Morgan fingerprint density at radius 1 is 1.21 bits per heavy atom. The van der Waals surface area contributed by atoms with E-state index in [0.29, 0.717) is 15.6 Å². The van der Waals surface area contributed by atoms with E-state index in [1.165, 1.54) is 0 Å². The number of benzene rings is 2. The summed E-state index contributed by atoms with van der Waals surface area (Å²) < 4.78 is 5.36. The first kappa shape index (κ1) is 12.3. The Labute approximate surface area is 120 Å². The molecule has 0 radical (unpaired) electrons. The molecular formula is C14H10Cl2N2O. The molecule has 0 aliphatic rings. The maximum Gasteiger partial charge on any atom is 0.126 e. The van der Waals surface area contributed by atoms with Crippen LogP contribution in [-0.4, -0.2) is 17.1 Å². The smallest absolute Gasteiger partial charge is 0.126 e. The minimum Gasteiger partial charge on any atom is -0.496 e. The van der Waals surface area contributed by atoms with E-state index in [0.717, 1.165) is 22.4 Å². The lowest BCUT2D eigenvalue weighted by Crippen LogP contribution is -1.90. The Bertz CT molecular complexity index is 752. The zero-order chi connectivity index (χ0) is 13.4. The highest BCUT2D eigenvalue weighted by Gasteiger charge is 2.17. The number of halogens is 2. The van der Waals surface area contributed by atoms with Crippen LogP contribution in [0, 0.1) is 0 Å². The Hall–Kier alpha value is -1.71. The standard InChI is InChI=1S/C14H10Cl2N2O/c1-19-11-5-3-2-4-8(11)12-9(15)6-10-14(13(12)16)18-7-17-10/h2-7H,1H3,(H,17,18). The van der Waals surface area contributed by atoms with E-state index in [9.17, 15) is 0 Å². The normalized spacial score (nSPS) is 10.9. The van der Waals surface area contributed by atoms with Gasteiger partial charge in [0.25, 0.3) is 0 Å². The van der Waals surface area contributed by atoms with Crippen LogP contribution in [0.3, 0.4) is 0 Å². The van der Waals surface area contributed by atoms with Gasteiger partial charge in [0.1, 0.15) is 11.3 Å². The van der Waals surface area contributed by atoms with Gasteiger partial charge < -0.3 is 9.72 Å². The third-order valence-electron chi connectivity index (χ3n) is 2.98. The number of H-pyrrole nitrogens is 1. The number of fused-ring (bicyclic) bond motifs is 1. The molecule has 1 heterocycles. The monoisotopic (exact) mass is 292 g/mol. The minimum absolute atomic E-state index is 0.522. The predicted octanol–water partition coefficient (Wildman–Crippen LogP) is 4.55. The number of imidazole rings is 1.